The number of furan rings is 1. The molecule has 29 heavy (non-hydrogen) atoms. The van der Waals surface area contributed by atoms with Gasteiger partial charge in [0.1, 0.15) is 17.1 Å². The predicted octanol–water partition coefficient (Wildman–Crippen LogP) is 2.77. The average molecular weight is 399 g/mol. The first-order chi connectivity index (χ1) is 13.8. The van der Waals surface area contributed by atoms with Gasteiger partial charge in [-0.25, -0.2) is 9.78 Å². The first kappa shape index (κ1) is 19.1. The molecule has 9 nitrogen and oxygen atoms in total. The first-order valence-corrected chi connectivity index (χ1v) is 9.29. The van der Waals surface area contributed by atoms with Crippen LogP contribution in [-0.2, 0) is 9.53 Å². The van der Waals surface area contributed by atoms with Gasteiger partial charge in [-0.15, -0.1) is 0 Å². The van der Waals surface area contributed by atoms with Gasteiger partial charge < -0.3 is 24.1 Å². The van der Waals surface area contributed by atoms with Gasteiger partial charge in [0.15, 0.2) is 0 Å². The van der Waals surface area contributed by atoms with E-state index in [1.807, 2.05) is 13.0 Å². The Bertz CT molecular complexity index is 1110. The summed E-state index contributed by atoms with van der Waals surface area (Å²) in [6, 6.07) is 3.44. The van der Waals surface area contributed by atoms with Crippen molar-refractivity contribution in [2.45, 2.75) is 39.2 Å². The molecule has 4 rings (SSSR count). The number of carbonyl (C=O) groups is 2. The number of carboxylic acid groups (broad SMARTS) is 1. The molecule has 9 heteroatoms. The summed E-state index contributed by atoms with van der Waals surface area (Å²) in [4.78, 5) is 29.6. The van der Waals surface area contributed by atoms with Crippen LogP contribution in [0.5, 0.6) is 0 Å². The molecule has 0 atom stereocenters. The summed E-state index contributed by atoms with van der Waals surface area (Å²) >= 11 is 0. The maximum atomic E-state index is 13.2. The number of rotatable bonds is 4. The minimum atomic E-state index is -1.38. The van der Waals surface area contributed by atoms with E-state index in [9.17, 15) is 14.7 Å². The molecule has 3 aromatic heterocycles. The number of hydrogen-bond acceptors (Lipinski definition) is 7. The lowest BCUT2D eigenvalue weighted by atomic mass is 9.89. The Balaban J connectivity index is 1.81. The van der Waals surface area contributed by atoms with Crippen LogP contribution in [0, 0.1) is 20.8 Å². The quantitative estimate of drug-likeness (QED) is 0.685. The summed E-state index contributed by atoms with van der Waals surface area (Å²) in [5.41, 5.74) is 0.809. The number of aryl methyl sites for hydroxylation is 3. The van der Waals surface area contributed by atoms with Crippen LogP contribution in [0.25, 0.3) is 22.4 Å². The number of fused-ring (bicyclic) bond motifs is 1. The predicted molar refractivity (Wildman–Crippen MR) is 102 cm³/mol. The summed E-state index contributed by atoms with van der Waals surface area (Å²) in [5.74, 6) is -0.232. The van der Waals surface area contributed by atoms with Gasteiger partial charge >= 0.3 is 5.97 Å². The van der Waals surface area contributed by atoms with E-state index >= 15 is 0 Å². The summed E-state index contributed by atoms with van der Waals surface area (Å²) in [6.45, 7) is 5.87. The highest BCUT2D eigenvalue weighted by atomic mass is 16.5. The van der Waals surface area contributed by atoms with Gasteiger partial charge in [-0.1, -0.05) is 5.16 Å². The van der Waals surface area contributed by atoms with E-state index in [1.54, 1.807) is 19.9 Å². The summed E-state index contributed by atoms with van der Waals surface area (Å²) < 4.78 is 16.2. The van der Waals surface area contributed by atoms with Crippen LogP contribution in [0.3, 0.4) is 0 Å². The maximum absolute atomic E-state index is 13.2. The first-order valence-electron chi connectivity index (χ1n) is 9.29. The molecule has 1 aliphatic rings. The van der Waals surface area contributed by atoms with Gasteiger partial charge in [0, 0.05) is 31.6 Å². The van der Waals surface area contributed by atoms with Crippen molar-refractivity contribution in [3.63, 3.8) is 0 Å². The molecule has 0 spiro atoms. The number of ether oxygens (including phenoxy) is 1. The van der Waals surface area contributed by atoms with E-state index in [-0.39, 0.29) is 37.3 Å². The molecular weight excluding hydrogens is 378 g/mol. The molecule has 0 bridgehead atoms. The third-order valence-electron chi connectivity index (χ3n) is 5.29. The smallest absolute Gasteiger partial charge is 0.329 e. The molecule has 1 fully saturated rings. The molecule has 0 unspecified atom stereocenters. The number of amides is 1. The van der Waals surface area contributed by atoms with E-state index in [0.717, 1.165) is 5.56 Å². The van der Waals surface area contributed by atoms with Crippen LogP contribution in [0.2, 0.25) is 0 Å². The molecule has 1 amide bonds. The second-order valence-electron chi connectivity index (χ2n) is 7.28. The van der Waals surface area contributed by atoms with Crippen molar-refractivity contribution in [2.75, 3.05) is 13.2 Å². The Hall–Kier alpha value is -3.20. The highest BCUT2D eigenvalue weighted by Crippen LogP contribution is 2.31. The molecular formula is C20H21N3O6. The molecule has 1 saturated heterocycles. The fraction of sp³-hybridized carbons (Fsp3) is 0.400. The van der Waals surface area contributed by atoms with Crippen LogP contribution < -0.4 is 5.32 Å². The molecule has 0 radical (unpaired) electrons. The van der Waals surface area contributed by atoms with E-state index in [0.29, 0.717) is 28.3 Å². The molecule has 1 aliphatic heterocycles. The lowest BCUT2D eigenvalue weighted by molar-refractivity contribution is -0.148. The standard InChI is InChI=1S/C20H21N3O6/c1-10-8-13(12(3)28-10)15-9-14(16-11(2)23-29-18(16)21-15)17(24)22-20(19(25)26)4-6-27-7-5-20/h8-9H,4-7H2,1-3H3,(H,22,24)(H,25,26). The number of aromatic nitrogens is 2. The van der Waals surface area contributed by atoms with Crippen molar-refractivity contribution in [3.05, 3.63) is 34.9 Å². The van der Waals surface area contributed by atoms with E-state index < -0.39 is 17.4 Å². The topological polar surface area (TPSA) is 128 Å². The Morgan fingerprint density at radius 1 is 1.17 bits per heavy atom. The highest BCUT2D eigenvalue weighted by molar-refractivity contribution is 6.08. The molecule has 0 saturated carbocycles. The van der Waals surface area contributed by atoms with Crippen LogP contribution in [-0.4, -0.2) is 45.9 Å². The SMILES string of the molecule is Cc1cc(-c2cc(C(=O)NC3(C(=O)O)CCOCC3)c3c(C)noc3n2)c(C)o1. The second-order valence-corrected chi connectivity index (χ2v) is 7.28. The normalized spacial score (nSPS) is 16.1. The summed E-state index contributed by atoms with van der Waals surface area (Å²) in [5, 5.41) is 16.9. The van der Waals surface area contributed by atoms with Gasteiger partial charge in [-0.2, -0.15) is 0 Å². The van der Waals surface area contributed by atoms with Crippen molar-refractivity contribution in [1.29, 1.82) is 0 Å². The lowest BCUT2D eigenvalue weighted by Crippen LogP contribution is -2.57. The number of carboxylic acids is 1. The summed E-state index contributed by atoms with van der Waals surface area (Å²) in [6.07, 6.45) is 0.385. The third kappa shape index (κ3) is 3.27. The Kier molecular flexibility index (Phi) is 4.62. The van der Waals surface area contributed by atoms with Gasteiger partial charge in [-0.05, 0) is 32.9 Å². The number of carbonyl (C=O) groups excluding carboxylic acids is 1. The van der Waals surface area contributed by atoms with Crippen molar-refractivity contribution < 1.29 is 28.4 Å². The zero-order chi connectivity index (χ0) is 20.8. The zero-order valence-electron chi connectivity index (χ0n) is 16.4. The number of pyridine rings is 1. The van der Waals surface area contributed by atoms with Crippen molar-refractivity contribution in [3.8, 4) is 11.3 Å². The van der Waals surface area contributed by atoms with Crippen LogP contribution in [0.1, 0.15) is 40.4 Å². The summed E-state index contributed by atoms with van der Waals surface area (Å²) in [7, 11) is 0. The molecule has 152 valence electrons. The van der Waals surface area contributed by atoms with Gasteiger partial charge in [0.2, 0.25) is 0 Å². The number of nitrogens with one attached hydrogen (secondary N) is 1. The Labute approximate surface area is 166 Å². The zero-order valence-corrected chi connectivity index (χ0v) is 16.4. The van der Waals surface area contributed by atoms with E-state index in [1.165, 1.54) is 0 Å². The largest absolute Gasteiger partial charge is 0.480 e. The lowest BCUT2D eigenvalue weighted by Gasteiger charge is -2.33. The average Bonchev–Trinajstić information content (AvgIpc) is 3.23. The van der Waals surface area contributed by atoms with Crippen LogP contribution >= 0.6 is 0 Å². The Morgan fingerprint density at radius 3 is 2.52 bits per heavy atom. The van der Waals surface area contributed by atoms with Gasteiger partial charge in [0.05, 0.1) is 22.3 Å². The van der Waals surface area contributed by atoms with Crippen molar-refractivity contribution >= 4 is 23.0 Å². The Morgan fingerprint density at radius 2 is 1.90 bits per heavy atom. The third-order valence-corrected chi connectivity index (χ3v) is 5.29. The second kappa shape index (κ2) is 7.00. The molecule has 2 N–H and O–H groups in total. The monoisotopic (exact) mass is 399 g/mol. The minimum absolute atomic E-state index is 0.192. The number of hydrogen-bond donors (Lipinski definition) is 2. The molecule has 3 aromatic rings. The minimum Gasteiger partial charge on any atom is -0.480 e. The van der Waals surface area contributed by atoms with Crippen molar-refractivity contribution in [1.82, 2.24) is 15.5 Å². The number of aliphatic carboxylic acids is 1. The fourth-order valence-electron chi connectivity index (χ4n) is 3.69. The van der Waals surface area contributed by atoms with Crippen LogP contribution in [0.15, 0.2) is 21.1 Å². The molecule has 0 aliphatic carbocycles. The van der Waals surface area contributed by atoms with E-state index in [4.69, 9.17) is 13.7 Å². The fourth-order valence-corrected chi connectivity index (χ4v) is 3.69. The van der Waals surface area contributed by atoms with Crippen molar-refractivity contribution in [2.24, 2.45) is 0 Å². The maximum Gasteiger partial charge on any atom is 0.329 e. The van der Waals surface area contributed by atoms with Gasteiger partial charge in [0.25, 0.3) is 11.6 Å². The molecule has 0 aromatic carbocycles. The number of nitrogens with zero attached hydrogens (tertiary/aromatic N) is 2. The van der Waals surface area contributed by atoms with Gasteiger partial charge in [-0.3, -0.25) is 4.79 Å². The molecule has 4 heterocycles. The van der Waals surface area contributed by atoms with Crippen LogP contribution in [0.4, 0.5) is 0 Å². The highest BCUT2D eigenvalue weighted by Gasteiger charge is 2.42. The van der Waals surface area contributed by atoms with E-state index in [2.05, 4.69) is 15.5 Å².